The number of thioether (sulfide) groups is 1. The maximum Gasteiger partial charge on any atom is 0.230 e. The zero-order valence-electron chi connectivity index (χ0n) is 13.6. The number of nitrogens with one attached hydrogen (secondary N) is 1. The fraction of sp³-hybridized carbons (Fsp3) is 0.750. The molecule has 1 amide bonds. The van der Waals surface area contributed by atoms with Gasteiger partial charge in [0.15, 0.2) is 0 Å². The molecule has 0 saturated heterocycles. The maximum atomic E-state index is 12.1. The Morgan fingerprint density at radius 1 is 1.41 bits per heavy atom. The summed E-state index contributed by atoms with van der Waals surface area (Å²) in [5.41, 5.74) is 7.86. The number of carbonyl (C=O) groups excluding carboxylic acids is 1. The van der Waals surface area contributed by atoms with Crippen LogP contribution in [0.1, 0.15) is 49.1 Å². The number of aromatic nitrogens is 1. The van der Waals surface area contributed by atoms with Crippen LogP contribution in [-0.2, 0) is 10.5 Å². The second-order valence-corrected chi connectivity index (χ2v) is 7.09. The van der Waals surface area contributed by atoms with Crippen LogP contribution in [0.2, 0.25) is 0 Å². The first-order chi connectivity index (χ1) is 10.6. The van der Waals surface area contributed by atoms with Crippen LogP contribution in [-0.4, -0.2) is 29.4 Å². The molecule has 0 radical (unpaired) electrons. The van der Waals surface area contributed by atoms with E-state index in [1.54, 1.807) is 11.8 Å². The number of nitrogens with two attached hydrogens (primary N) is 1. The van der Waals surface area contributed by atoms with Gasteiger partial charge < -0.3 is 15.6 Å². The summed E-state index contributed by atoms with van der Waals surface area (Å²) in [4.78, 5) is 12.1. The number of nitrogens with zero attached hydrogens (tertiary/aromatic N) is 1. The van der Waals surface area contributed by atoms with Gasteiger partial charge in [0.25, 0.3) is 0 Å². The molecule has 0 spiro atoms. The Hall–Kier alpha value is -1.01. The zero-order valence-corrected chi connectivity index (χ0v) is 14.4. The molecule has 1 saturated carbocycles. The lowest BCUT2D eigenvalue weighted by molar-refractivity contribution is -0.119. The minimum atomic E-state index is 0.0813. The molecule has 1 unspecified atom stereocenters. The molecule has 1 aliphatic carbocycles. The summed E-state index contributed by atoms with van der Waals surface area (Å²) in [6.45, 7) is 4.37. The van der Waals surface area contributed by atoms with E-state index in [0.29, 0.717) is 18.2 Å². The Labute approximate surface area is 136 Å². The molecule has 0 aliphatic heterocycles. The van der Waals surface area contributed by atoms with E-state index in [-0.39, 0.29) is 11.9 Å². The van der Waals surface area contributed by atoms with Crippen molar-refractivity contribution in [1.29, 1.82) is 0 Å². The Kier molecular flexibility index (Phi) is 6.76. The highest BCUT2D eigenvalue weighted by molar-refractivity contribution is 7.99. The third-order valence-corrected chi connectivity index (χ3v) is 5.44. The third kappa shape index (κ3) is 4.74. The molecule has 1 aromatic heterocycles. The van der Waals surface area contributed by atoms with Crippen molar-refractivity contribution < 1.29 is 9.32 Å². The molecule has 1 atom stereocenters. The summed E-state index contributed by atoms with van der Waals surface area (Å²) in [7, 11) is 0. The van der Waals surface area contributed by atoms with E-state index in [1.807, 2.05) is 13.8 Å². The number of carbonyl (C=O) groups is 1. The zero-order chi connectivity index (χ0) is 15.9. The van der Waals surface area contributed by atoms with Crippen LogP contribution in [0.5, 0.6) is 0 Å². The largest absolute Gasteiger partial charge is 0.361 e. The highest BCUT2D eigenvalue weighted by Gasteiger charge is 2.23. The molecule has 0 aromatic carbocycles. The van der Waals surface area contributed by atoms with Gasteiger partial charge in [-0.2, -0.15) is 0 Å². The second kappa shape index (κ2) is 8.58. The van der Waals surface area contributed by atoms with Crippen molar-refractivity contribution >= 4 is 17.7 Å². The number of amides is 1. The quantitative estimate of drug-likeness (QED) is 0.805. The molecule has 1 heterocycles. The normalized spacial score (nSPS) is 17.4. The van der Waals surface area contributed by atoms with Gasteiger partial charge in [-0.05, 0) is 32.6 Å². The topological polar surface area (TPSA) is 81.2 Å². The fourth-order valence-electron chi connectivity index (χ4n) is 3.11. The minimum Gasteiger partial charge on any atom is -0.361 e. The van der Waals surface area contributed by atoms with Gasteiger partial charge in [0.05, 0.1) is 11.4 Å². The number of rotatable bonds is 7. The third-order valence-electron chi connectivity index (χ3n) is 4.48. The van der Waals surface area contributed by atoms with Crippen LogP contribution < -0.4 is 11.1 Å². The van der Waals surface area contributed by atoms with Crippen molar-refractivity contribution in [2.75, 3.05) is 12.3 Å². The molecule has 2 rings (SSSR count). The van der Waals surface area contributed by atoms with Crippen molar-refractivity contribution in [2.24, 2.45) is 11.7 Å². The molecule has 124 valence electrons. The van der Waals surface area contributed by atoms with Gasteiger partial charge in [-0.25, -0.2) is 0 Å². The molecule has 1 aliphatic rings. The van der Waals surface area contributed by atoms with Gasteiger partial charge >= 0.3 is 0 Å². The molecule has 22 heavy (non-hydrogen) atoms. The predicted octanol–water partition coefficient (Wildman–Crippen LogP) is 2.55. The summed E-state index contributed by atoms with van der Waals surface area (Å²) < 4.78 is 5.13. The molecule has 6 heteroatoms. The number of hydrogen-bond donors (Lipinski definition) is 2. The van der Waals surface area contributed by atoms with Crippen LogP contribution in [0.15, 0.2) is 4.52 Å². The van der Waals surface area contributed by atoms with Gasteiger partial charge in [-0.3, -0.25) is 4.79 Å². The van der Waals surface area contributed by atoms with Crippen LogP contribution in [0.3, 0.4) is 0 Å². The lowest BCUT2D eigenvalue weighted by atomic mass is 9.84. The van der Waals surface area contributed by atoms with Crippen LogP contribution in [0.4, 0.5) is 0 Å². The molecule has 5 nitrogen and oxygen atoms in total. The van der Waals surface area contributed by atoms with Gasteiger partial charge in [-0.15, -0.1) is 11.8 Å². The SMILES string of the molecule is Cc1noc(C)c1CSCC(=O)NC(CN)C1CCCCC1. The Morgan fingerprint density at radius 3 is 2.73 bits per heavy atom. The molecule has 3 N–H and O–H groups in total. The highest BCUT2D eigenvalue weighted by Crippen LogP contribution is 2.26. The van der Waals surface area contributed by atoms with E-state index < -0.39 is 0 Å². The highest BCUT2D eigenvalue weighted by atomic mass is 32.2. The van der Waals surface area contributed by atoms with E-state index in [0.717, 1.165) is 22.8 Å². The molecule has 1 fully saturated rings. The average molecular weight is 325 g/mol. The van der Waals surface area contributed by atoms with E-state index in [1.165, 1.54) is 32.1 Å². The second-order valence-electron chi connectivity index (χ2n) is 6.10. The van der Waals surface area contributed by atoms with E-state index in [4.69, 9.17) is 10.3 Å². The molecule has 1 aromatic rings. The first-order valence-electron chi connectivity index (χ1n) is 8.10. The fourth-order valence-corrected chi connectivity index (χ4v) is 4.10. The first kappa shape index (κ1) is 17.3. The van der Waals surface area contributed by atoms with E-state index >= 15 is 0 Å². The molecule has 0 bridgehead atoms. The number of hydrogen-bond acceptors (Lipinski definition) is 5. The summed E-state index contributed by atoms with van der Waals surface area (Å²) in [6, 6.07) is 0.132. The Balaban J connectivity index is 1.74. The number of aryl methyl sites for hydroxylation is 2. The van der Waals surface area contributed by atoms with Gasteiger partial charge in [-0.1, -0.05) is 24.4 Å². The van der Waals surface area contributed by atoms with Crippen molar-refractivity contribution in [2.45, 2.75) is 57.7 Å². The van der Waals surface area contributed by atoms with E-state index in [2.05, 4.69) is 10.5 Å². The van der Waals surface area contributed by atoms with Crippen LogP contribution in [0, 0.1) is 19.8 Å². The van der Waals surface area contributed by atoms with Crippen LogP contribution in [0.25, 0.3) is 0 Å². The average Bonchev–Trinajstić information content (AvgIpc) is 2.85. The summed E-state index contributed by atoms with van der Waals surface area (Å²) in [5.74, 6) is 2.68. The van der Waals surface area contributed by atoms with E-state index in [9.17, 15) is 4.79 Å². The van der Waals surface area contributed by atoms with Crippen molar-refractivity contribution in [3.05, 3.63) is 17.0 Å². The minimum absolute atomic E-state index is 0.0813. The van der Waals surface area contributed by atoms with Gasteiger partial charge in [0.2, 0.25) is 5.91 Å². The predicted molar refractivity (Wildman–Crippen MR) is 89.7 cm³/mol. The Morgan fingerprint density at radius 2 is 2.14 bits per heavy atom. The maximum absolute atomic E-state index is 12.1. The molecular formula is C16H27N3O2S. The first-order valence-corrected chi connectivity index (χ1v) is 9.26. The monoisotopic (exact) mass is 325 g/mol. The van der Waals surface area contributed by atoms with Crippen molar-refractivity contribution in [1.82, 2.24) is 10.5 Å². The van der Waals surface area contributed by atoms with Gasteiger partial charge in [0, 0.05) is 23.9 Å². The van der Waals surface area contributed by atoms with Crippen molar-refractivity contribution in [3.8, 4) is 0 Å². The van der Waals surface area contributed by atoms with Gasteiger partial charge in [0.1, 0.15) is 5.76 Å². The Bertz CT molecular complexity index is 464. The summed E-state index contributed by atoms with van der Waals surface area (Å²) in [5, 5.41) is 7.05. The standard InChI is InChI=1S/C16H27N3O2S/c1-11-14(12(2)21-19-11)9-22-10-16(20)18-15(8-17)13-6-4-3-5-7-13/h13,15H,3-10,17H2,1-2H3,(H,18,20). The lowest BCUT2D eigenvalue weighted by Gasteiger charge is -2.30. The summed E-state index contributed by atoms with van der Waals surface area (Å²) >= 11 is 1.59. The molecular weight excluding hydrogens is 298 g/mol. The van der Waals surface area contributed by atoms with Crippen molar-refractivity contribution in [3.63, 3.8) is 0 Å². The smallest absolute Gasteiger partial charge is 0.230 e. The van der Waals surface area contributed by atoms with Crippen LogP contribution >= 0.6 is 11.8 Å². The lowest BCUT2D eigenvalue weighted by Crippen LogP contribution is -2.46. The summed E-state index contributed by atoms with van der Waals surface area (Å²) in [6.07, 6.45) is 6.22.